The Kier molecular flexibility index (Phi) is 6.01. The van der Waals surface area contributed by atoms with Crippen LogP contribution in [0.3, 0.4) is 0 Å². The quantitative estimate of drug-likeness (QED) is 0.526. The summed E-state index contributed by atoms with van der Waals surface area (Å²) in [5.41, 5.74) is 2.44. The molecule has 4 rings (SSSR count). The smallest absolute Gasteiger partial charge is 0.251 e. The minimum absolute atomic E-state index is 0.274. The number of thiazole rings is 1. The van der Waals surface area contributed by atoms with Crippen LogP contribution in [0.25, 0.3) is 11.1 Å². The number of amides is 1. The maximum atomic E-state index is 13.4. The summed E-state index contributed by atoms with van der Waals surface area (Å²) >= 11 is 1.20. The van der Waals surface area contributed by atoms with E-state index in [0.717, 1.165) is 11.8 Å². The Bertz CT molecular complexity index is 1190. The number of aromatic nitrogens is 2. The largest absolute Gasteiger partial charge is 0.344 e. The van der Waals surface area contributed by atoms with E-state index in [1.165, 1.54) is 17.4 Å². The minimum Gasteiger partial charge on any atom is -0.344 e. The van der Waals surface area contributed by atoms with Gasteiger partial charge in [-0.05, 0) is 43.0 Å². The van der Waals surface area contributed by atoms with Gasteiger partial charge >= 0.3 is 0 Å². The molecule has 0 saturated heterocycles. The van der Waals surface area contributed by atoms with Crippen LogP contribution in [0.2, 0.25) is 0 Å². The van der Waals surface area contributed by atoms with Gasteiger partial charge in [-0.15, -0.1) is 11.3 Å². The van der Waals surface area contributed by atoms with Crippen molar-refractivity contribution >= 4 is 32.4 Å². The molecule has 1 amide bonds. The van der Waals surface area contributed by atoms with Gasteiger partial charge in [0.2, 0.25) is 10.0 Å². The number of sulfonamides is 1. The summed E-state index contributed by atoms with van der Waals surface area (Å²) in [5, 5.41) is 4.67. The molecule has 162 valence electrons. The van der Waals surface area contributed by atoms with Crippen LogP contribution >= 0.6 is 11.3 Å². The third-order valence-electron chi connectivity index (χ3n) is 4.97. The second kappa shape index (κ2) is 8.72. The number of carbonyl (C=O) groups is 1. The molecule has 7 nitrogen and oxygen atoms in total. The predicted molar refractivity (Wildman–Crippen MR) is 118 cm³/mol. The summed E-state index contributed by atoms with van der Waals surface area (Å²) in [7, 11) is -3.37. The highest BCUT2D eigenvalue weighted by Gasteiger charge is 2.36. The van der Waals surface area contributed by atoms with Gasteiger partial charge in [0, 0.05) is 22.7 Å². The van der Waals surface area contributed by atoms with Crippen molar-refractivity contribution in [1.29, 1.82) is 0 Å². The zero-order valence-corrected chi connectivity index (χ0v) is 18.3. The van der Waals surface area contributed by atoms with E-state index in [1.54, 1.807) is 35.8 Å². The monoisotopic (exact) mass is 460 g/mol. The van der Waals surface area contributed by atoms with E-state index in [2.05, 4.69) is 20.0 Å². The standard InChI is InChI=1S/C21H21FN4O3S2/c1-2-18(19-12-30-21(25-19)26-31(28,29)17-7-8-17)24-20(27)14-5-3-13(4-6-14)15-9-16(22)11-23-10-15/h3-6,9-12,17-18H,2,7-8H2,1H3,(H,24,27)(H,25,26). The number of carbonyl (C=O) groups excluding carboxylic acids is 1. The Hall–Kier alpha value is -2.85. The van der Waals surface area contributed by atoms with Crippen LogP contribution in [0.5, 0.6) is 0 Å². The lowest BCUT2D eigenvalue weighted by Crippen LogP contribution is -2.28. The molecule has 0 spiro atoms. The Morgan fingerprint density at radius 3 is 2.61 bits per heavy atom. The summed E-state index contributed by atoms with van der Waals surface area (Å²) < 4.78 is 40.1. The molecule has 2 N–H and O–H groups in total. The topological polar surface area (TPSA) is 101 Å². The van der Waals surface area contributed by atoms with Crippen molar-refractivity contribution in [2.75, 3.05) is 4.72 Å². The molecule has 1 aromatic carbocycles. The molecule has 2 heterocycles. The lowest BCUT2D eigenvalue weighted by atomic mass is 10.0. The summed E-state index contributed by atoms with van der Waals surface area (Å²) in [5.74, 6) is -0.698. The number of hydrogen-bond donors (Lipinski definition) is 2. The van der Waals surface area contributed by atoms with Gasteiger partial charge in [-0.1, -0.05) is 19.1 Å². The van der Waals surface area contributed by atoms with Crippen molar-refractivity contribution < 1.29 is 17.6 Å². The highest BCUT2D eigenvalue weighted by atomic mass is 32.2. The fourth-order valence-electron chi connectivity index (χ4n) is 3.09. The predicted octanol–water partition coefficient (Wildman–Crippen LogP) is 4.13. The molecule has 0 aliphatic heterocycles. The molecule has 1 atom stereocenters. The first-order chi connectivity index (χ1) is 14.9. The molecule has 1 aliphatic carbocycles. The van der Waals surface area contributed by atoms with Crippen molar-refractivity contribution in [2.24, 2.45) is 0 Å². The molecular formula is C21H21FN4O3S2. The van der Waals surface area contributed by atoms with Gasteiger partial charge in [0.15, 0.2) is 5.13 Å². The maximum Gasteiger partial charge on any atom is 0.251 e. The first kappa shape index (κ1) is 21.4. The highest BCUT2D eigenvalue weighted by molar-refractivity contribution is 7.93. The van der Waals surface area contributed by atoms with Crippen molar-refractivity contribution in [3.63, 3.8) is 0 Å². The van der Waals surface area contributed by atoms with E-state index in [0.29, 0.717) is 41.2 Å². The van der Waals surface area contributed by atoms with Gasteiger partial charge in [0.25, 0.3) is 5.91 Å². The molecule has 0 bridgehead atoms. The molecule has 1 fully saturated rings. The van der Waals surface area contributed by atoms with Gasteiger partial charge < -0.3 is 5.32 Å². The summed E-state index contributed by atoms with van der Waals surface area (Å²) in [6.07, 6.45) is 4.64. The van der Waals surface area contributed by atoms with E-state index in [-0.39, 0.29) is 17.2 Å². The van der Waals surface area contributed by atoms with Crippen molar-refractivity contribution in [3.8, 4) is 11.1 Å². The van der Waals surface area contributed by atoms with Crippen LogP contribution in [0.4, 0.5) is 9.52 Å². The number of anilines is 1. The number of nitrogens with zero attached hydrogens (tertiary/aromatic N) is 2. The van der Waals surface area contributed by atoms with E-state index in [9.17, 15) is 17.6 Å². The Morgan fingerprint density at radius 1 is 1.23 bits per heavy atom. The highest BCUT2D eigenvalue weighted by Crippen LogP contribution is 2.31. The number of halogens is 1. The van der Waals surface area contributed by atoms with E-state index < -0.39 is 15.8 Å². The van der Waals surface area contributed by atoms with Gasteiger partial charge in [-0.3, -0.25) is 14.5 Å². The summed E-state index contributed by atoms with van der Waals surface area (Å²) in [6, 6.07) is 7.83. The number of nitrogens with one attached hydrogen (secondary N) is 2. The van der Waals surface area contributed by atoms with Crippen LogP contribution < -0.4 is 10.0 Å². The second-order valence-corrected chi connectivity index (χ2v) is 10.1. The Balaban J connectivity index is 1.43. The van der Waals surface area contributed by atoms with Crippen LogP contribution in [-0.2, 0) is 10.0 Å². The molecule has 1 aliphatic rings. The molecule has 0 radical (unpaired) electrons. The lowest BCUT2D eigenvalue weighted by Gasteiger charge is -2.15. The third kappa shape index (κ3) is 5.08. The number of benzene rings is 1. The lowest BCUT2D eigenvalue weighted by molar-refractivity contribution is 0.0935. The van der Waals surface area contributed by atoms with Crippen LogP contribution in [0.15, 0.2) is 48.1 Å². The van der Waals surface area contributed by atoms with Crippen LogP contribution in [0.1, 0.15) is 48.3 Å². The molecule has 1 unspecified atom stereocenters. The molecule has 1 saturated carbocycles. The van der Waals surface area contributed by atoms with Crippen LogP contribution in [0, 0.1) is 5.82 Å². The van der Waals surface area contributed by atoms with E-state index >= 15 is 0 Å². The minimum atomic E-state index is -3.37. The molecule has 2 aromatic heterocycles. The van der Waals surface area contributed by atoms with Gasteiger partial charge in [0.05, 0.1) is 23.2 Å². The number of pyridine rings is 1. The normalized spacial score (nSPS) is 14.8. The third-order valence-corrected chi connectivity index (χ3v) is 7.70. The molecule has 31 heavy (non-hydrogen) atoms. The Labute approximate surface area is 183 Å². The van der Waals surface area contributed by atoms with E-state index in [1.807, 2.05) is 6.92 Å². The fourth-order valence-corrected chi connectivity index (χ4v) is 5.45. The van der Waals surface area contributed by atoms with E-state index in [4.69, 9.17) is 0 Å². The first-order valence-corrected chi connectivity index (χ1v) is 12.3. The Morgan fingerprint density at radius 2 is 1.97 bits per heavy atom. The van der Waals surface area contributed by atoms with Crippen molar-refractivity contribution in [2.45, 2.75) is 37.5 Å². The molecule has 10 heteroatoms. The first-order valence-electron chi connectivity index (χ1n) is 9.84. The van der Waals surface area contributed by atoms with Gasteiger partial charge in [0.1, 0.15) is 5.82 Å². The SMILES string of the molecule is CCC(NC(=O)c1ccc(-c2cncc(F)c2)cc1)c1csc(NS(=O)(=O)C2CC2)n1. The zero-order chi connectivity index (χ0) is 22.0. The van der Waals surface area contributed by atoms with Crippen LogP contribution in [-0.4, -0.2) is 29.5 Å². The van der Waals surface area contributed by atoms with Gasteiger partial charge in [-0.25, -0.2) is 17.8 Å². The summed E-state index contributed by atoms with van der Waals surface area (Å²) in [4.78, 5) is 20.9. The average Bonchev–Trinajstić information content (AvgIpc) is 3.53. The zero-order valence-electron chi connectivity index (χ0n) is 16.7. The summed E-state index contributed by atoms with van der Waals surface area (Å²) in [6.45, 7) is 1.92. The second-order valence-electron chi connectivity index (χ2n) is 7.33. The molecular weight excluding hydrogens is 439 g/mol. The molecule has 3 aromatic rings. The van der Waals surface area contributed by atoms with Gasteiger partial charge in [-0.2, -0.15) is 0 Å². The fraction of sp³-hybridized carbons (Fsp3) is 0.286. The van der Waals surface area contributed by atoms with Crippen molar-refractivity contribution in [1.82, 2.24) is 15.3 Å². The maximum absolute atomic E-state index is 13.4. The number of rotatable bonds is 8. The average molecular weight is 461 g/mol. The van der Waals surface area contributed by atoms with Crippen molar-refractivity contribution in [3.05, 3.63) is 65.2 Å². The number of hydrogen-bond acceptors (Lipinski definition) is 6.